The van der Waals surface area contributed by atoms with Crippen molar-refractivity contribution in [2.24, 2.45) is 0 Å². The lowest BCUT2D eigenvalue weighted by atomic mass is 10.1. The van der Waals surface area contributed by atoms with Crippen LogP contribution in [0.1, 0.15) is 0 Å². The van der Waals surface area contributed by atoms with E-state index in [0.717, 1.165) is 29.9 Å². The van der Waals surface area contributed by atoms with Gasteiger partial charge < -0.3 is 10.2 Å². The van der Waals surface area contributed by atoms with Gasteiger partial charge in [-0.2, -0.15) is 0 Å². The molecule has 0 bridgehead atoms. The summed E-state index contributed by atoms with van der Waals surface area (Å²) in [5.74, 6) is 1.93. The fourth-order valence-corrected chi connectivity index (χ4v) is 2.38. The third kappa shape index (κ3) is 2.78. The summed E-state index contributed by atoms with van der Waals surface area (Å²) in [6.07, 6.45) is 5.59. The normalized spacial score (nSPS) is 15.1. The first-order valence-electron chi connectivity index (χ1n) is 6.15. The maximum Gasteiger partial charge on any atom is 0.189 e. The SMILES string of the molecule is CSc1nccc(NC2CN(c3ccccn3)C2)n1. The quantitative estimate of drug-likeness (QED) is 0.678. The van der Waals surface area contributed by atoms with Crippen molar-refractivity contribution < 1.29 is 0 Å². The molecule has 19 heavy (non-hydrogen) atoms. The summed E-state index contributed by atoms with van der Waals surface area (Å²) in [4.78, 5) is 15.2. The minimum absolute atomic E-state index is 0.423. The number of hydrogen-bond donors (Lipinski definition) is 1. The number of nitrogens with zero attached hydrogens (tertiary/aromatic N) is 4. The lowest BCUT2D eigenvalue weighted by molar-refractivity contribution is 0.542. The predicted octanol–water partition coefficient (Wildman–Crippen LogP) is 1.89. The number of thioether (sulfide) groups is 1. The first-order valence-corrected chi connectivity index (χ1v) is 7.37. The van der Waals surface area contributed by atoms with Gasteiger partial charge >= 0.3 is 0 Å². The molecule has 0 saturated carbocycles. The minimum atomic E-state index is 0.423. The van der Waals surface area contributed by atoms with Gasteiger partial charge in [-0.25, -0.2) is 15.0 Å². The highest BCUT2D eigenvalue weighted by Gasteiger charge is 2.27. The topological polar surface area (TPSA) is 53.9 Å². The average Bonchev–Trinajstić information content (AvgIpc) is 2.43. The van der Waals surface area contributed by atoms with Crippen LogP contribution in [0.25, 0.3) is 0 Å². The summed E-state index contributed by atoms with van der Waals surface area (Å²) >= 11 is 1.55. The van der Waals surface area contributed by atoms with Crippen molar-refractivity contribution in [2.75, 3.05) is 29.6 Å². The van der Waals surface area contributed by atoms with E-state index in [2.05, 4.69) is 25.2 Å². The van der Waals surface area contributed by atoms with E-state index < -0.39 is 0 Å². The Morgan fingerprint density at radius 2 is 2.11 bits per heavy atom. The van der Waals surface area contributed by atoms with E-state index in [0.29, 0.717) is 6.04 Å². The van der Waals surface area contributed by atoms with Crippen molar-refractivity contribution in [1.29, 1.82) is 0 Å². The maximum absolute atomic E-state index is 4.42. The molecule has 6 heteroatoms. The largest absolute Gasteiger partial charge is 0.364 e. The van der Waals surface area contributed by atoms with Crippen molar-refractivity contribution in [3.63, 3.8) is 0 Å². The van der Waals surface area contributed by atoms with Gasteiger partial charge in [0.05, 0.1) is 6.04 Å². The molecule has 0 amide bonds. The Balaban J connectivity index is 1.56. The Kier molecular flexibility index (Phi) is 3.50. The minimum Gasteiger partial charge on any atom is -0.364 e. The van der Waals surface area contributed by atoms with Crippen LogP contribution in [0.3, 0.4) is 0 Å². The summed E-state index contributed by atoms with van der Waals surface area (Å²) in [6, 6.07) is 8.31. The van der Waals surface area contributed by atoms with E-state index in [1.54, 1.807) is 18.0 Å². The summed E-state index contributed by atoms with van der Waals surface area (Å²) in [6.45, 7) is 1.91. The predicted molar refractivity (Wildman–Crippen MR) is 77.7 cm³/mol. The Labute approximate surface area is 116 Å². The van der Waals surface area contributed by atoms with Gasteiger partial charge in [0, 0.05) is 25.5 Å². The molecule has 1 saturated heterocycles. The molecule has 3 rings (SSSR count). The average molecular weight is 273 g/mol. The van der Waals surface area contributed by atoms with Gasteiger partial charge in [0.25, 0.3) is 0 Å². The number of pyridine rings is 1. The molecule has 1 aliphatic heterocycles. The molecule has 5 nitrogen and oxygen atoms in total. The van der Waals surface area contributed by atoms with Crippen LogP contribution in [-0.4, -0.2) is 40.3 Å². The van der Waals surface area contributed by atoms with Crippen LogP contribution in [0.5, 0.6) is 0 Å². The molecule has 3 heterocycles. The third-order valence-corrected chi connectivity index (χ3v) is 3.58. The van der Waals surface area contributed by atoms with Gasteiger partial charge in [-0.05, 0) is 24.5 Å². The van der Waals surface area contributed by atoms with E-state index in [4.69, 9.17) is 0 Å². The second-order valence-electron chi connectivity index (χ2n) is 4.36. The summed E-state index contributed by atoms with van der Waals surface area (Å²) < 4.78 is 0. The smallest absolute Gasteiger partial charge is 0.189 e. The Morgan fingerprint density at radius 1 is 1.21 bits per heavy atom. The van der Waals surface area contributed by atoms with Gasteiger partial charge in [-0.15, -0.1) is 0 Å². The number of nitrogens with one attached hydrogen (secondary N) is 1. The van der Waals surface area contributed by atoms with Crippen molar-refractivity contribution >= 4 is 23.4 Å². The number of rotatable bonds is 4. The second kappa shape index (κ2) is 5.44. The molecular weight excluding hydrogens is 258 g/mol. The molecule has 2 aromatic heterocycles. The second-order valence-corrected chi connectivity index (χ2v) is 5.14. The summed E-state index contributed by atoms with van der Waals surface area (Å²) in [5.41, 5.74) is 0. The van der Waals surface area contributed by atoms with Gasteiger partial charge in [0.2, 0.25) is 0 Å². The number of hydrogen-bond acceptors (Lipinski definition) is 6. The molecule has 1 N–H and O–H groups in total. The van der Waals surface area contributed by atoms with Gasteiger partial charge in [-0.3, -0.25) is 0 Å². The number of aromatic nitrogens is 3. The Bertz CT molecular complexity index is 542. The zero-order valence-electron chi connectivity index (χ0n) is 10.7. The summed E-state index contributed by atoms with van der Waals surface area (Å²) in [7, 11) is 0. The van der Waals surface area contributed by atoms with Crippen molar-refractivity contribution in [3.05, 3.63) is 36.7 Å². The fourth-order valence-electron chi connectivity index (χ4n) is 2.03. The molecule has 0 aliphatic carbocycles. The van der Waals surface area contributed by atoms with Crippen LogP contribution in [0.2, 0.25) is 0 Å². The van der Waals surface area contributed by atoms with E-state index in [9.17, 15) is 0 Å². The Hall–Kier alpha value is -1.82. The lowest BCUT2D eigenvalue weighted by Gasteiger charge is -2.40. The Morgan fingerprint density at radius 3 is 2.84 bits per heavy atom. The van der Waals surface area contributed by atoms with Crippen molar-refractivity contribution in [3.8, 4) is 0 Å². The fraction of sp³-hybridized carbons (Fsp3) is 0.308. The van der Waals surface area contributed by atoms with Crippen LogP contribution >= 0.6 is 11.8 Å². The zero-order valence-corrected chi connectivity index (χ0v) is 11.5. The van der Waals surface area contributed by atoms with Crippen LogP contribution in [0.4, 0.5) is 11.6 Å². The molecule has 98 valence electrons. The van der Waals surface area contributed by atoms with Crippen LogP contribution in [-0.2, 0) is 0 Å². The van der Waals surface area contributed by atoms with Gasteiger partial charge in [0.15, 0.2) is 5.16 Å². The molecule has 1 aliphatic rings. The monoisotopic (exact) mass is 273 g/mol. The van der Waals surface area contributed by atoms with Gasteiger partial charge in [-0.1, -0.05) is 17.8 Å². The number of anilines is 2. The molecule has 0 aromatic carbocycles. The molecular formula is C13H15N5S. The van der Waals surface area contributed by atoms with Gasteiger partial charge in [0.1, 0.15) is 11.6 Å². The highest BCUT2D eigenvalue weighted by molar-refractivity contribution is 7.98. The maximum atomic E-state index is 4.42. The van der Waals surface area contributed by atoms with E-state index in [-0.39, 0.29) is 0 Å². The third-order valence-electron chi connectivity index (χ3n) is 3.02. The molecule has 2 aromatic rings. The van der Waals surface area contributed by atoms with Crippen molar-refractivity contribution in [1.82, 2.24) is 15.0 Å². The van der Waals surface area contributed by atoms with Crippen LogP contribution in [0, 0.1) is 0 Å². The van der Waals surface area contributed by atoms with E-state index in [1.165, 1.54) is 0 Å². The first-order chi connectivity index (χ1) is 9.35. The van der Waals surface area contributed by atoms with E-state index in [1.807, 2.05) is 36.7 Å². The van der Waals surface area contributed by atoms with Crippen LogP contribution < -0.4 is 10.2 Å². The van der Waals surface area contributed by atoms with Crippen LogP contribution in [0.15, 0.2) is 41.8 Å². The molecule has 1 fully saturated rings. The standard InChI is InChI=1S/C13H15N5S/c1-19-13-15-7-5-11(17-13)16-10-8-18(9-10)12-4-2-3-6-14-12/h2-7,10H,8-9H2,1H3,(H,15,16,17). The molecule has 0 unspecified atom stereocenters. The molecule has 0 spiro atoms. The highest BCUT2D eigenvalue weighted by atomic mass is 32.2. The lowest BCUT2D eigenvalue weighted by Crippen LogP contribution is -2.55. The molecule has 0 atom stereocenters. The van der Waals surface area contributed by atoms with E-state index >= 15 is 0 Å². The summed E-state index contributed by atoms with van der Waals surface area (Å²) in [5, 5.41) is 4.22. The highest BCUT2D eigenvalue weighted by Crippen LogP contribution is 2.20. The van der Waals surface area contributed by atoms with Crippen molar-refractivity contribution in [2.45, 2.75) is 11.2 Å². The molecule has 0 radical (unpaired) electrons. The first kappa shape index (κ1) is 12.2. The zero-order chi connectivity index (χ0) is 13.1.